The molecule has 0 saturated heterocycles. The topological polar surface area (TPSA) is 29.0 Å². The van der Waals surface area contributed by atoms with Gasteiger partial charge in [0, 0.05) is 56.5 Å². The molecule has 0 fully saturated rings. The molecule has 3 nitrogen and oxygen atoms in total. The van der Waals surface area contributed by atoms with Crippen molar-refractivity contribution in [2.75, 3.05) is 4.90 Å². The van der Waals surface area contributed by atoms with Gasteiger partial charge in [-0.25, -0.2) is 0 Å². The predicted molar refractivity (Wildman–Crippen MR) is 167 cm³/mol. The van der Waals surface area contributed by atoms with E-state index < -0.39 is 0 Å². The number of pyridine rings is 2. The lowest BCUT2D eigenvalue weighted by atomic mass is 9.93. The fourth-order valence-corrected chi connectivity index (χ4v) is 6.97. The summed E-state index contributed by atoms with van der Waals surface area (Å²) < 4.78 is 0. The van der Waals surface area contributed by atoms with Crippen LogP contribution in [-0.2, 0) is 0 Å². The Labute approximate surface area is 236 Å². The Morgan fingerprint density at radius 1 is 0.425 bits per heavy atom. The maximum absolute atomic E-state index is 4.32. The van der Waals surface area contributed by atoms with Crippen molar-refractivity contribution < 1.29 is 0 Å². The molecule has 4 heteroatoms. The predicted octanol–water partition coefficient (Wildman–Crippen LogP) is 10.1. The minimum atomic E-state index is 1.13. The average Bonchev–Trinajstić information content (AvgIpc) is 3.04. The van der Waals surface area contributed by atoms with Gasteiger partial charge in [0.15, 0.2) is 0 Å². The van der Waals surface area contributed by atoms with Gasteiger partial charge in [0.2, 0.25) is 0 Å². The van der Waals surface area contributed by atoms with Crippen LogP contribution in [0.1, 0.15) is 0 Å². The molecule has 5 aromatic carbocycles. The second-order valence-electron chi connectivity index (χ2n) is 9.88. The molecule has 7 aromatic rings. The van der Waals surface area contributed by atoms with E-state index in [0.29, 0.717) is 0 Å². The van der Waals surface area contributed by atoms with Gasteiger partial charge in [-0.15, -0.1) is 0 Å². The van der Waals surface area contributed by atoms with E-state index in [1.807, 2.05) is 36.5 Å². The van der Waals surface area contributed by atoms with E-state index in [0.717, 1.165) is 27.9 Å². The first-order valence-electron chi connectivity index (χ1n) is 13.3. The highest BCUT2D eigenvalue weighted by Crippen LogP contribution is 2.58. The summed E-state index contributed by atoms with van der Waals surface area (Å²) in [7, 11) is 0. The molecule has 0 saturated carbocycles. The van der Waals surface area contributed by atoms with Crippen LogP contribution in [0, 0.1) is 0 Å². The molecule has 1 aliphatic heterocycles. The molecule has 1 aliphatic rings. The molecular weight excluding hydrogens is 506 g/mol. The average molecular weight is 530 g/mol. The molecule has 2 aromatic heterocycles. The molecule has 0 atom stereocenters. The maximum atomic E-state index is 4.32. The molecule has 0 radical (unpaired) electrons. The van der Waals surface area contributed by atoms with Gasteiger partial charge < -0.3 is 4.90 Å². The lowest BCUT2D eigenvalue weighted by Gasteiger charge is -2.37. The molecule has 188 valence electrons. The van der Waals surface area contributed by atoms with Crippen molar-refractivity contribution in [1.82, 2.24) is 9.97 Å². The molecule has 40 heavy (non-hydrogen) atoms. The Hall–Kier alpha value is -4.93. The number of anilines is 3. The molecule has 0 N–H and O–H groups in total. The van der Waals surface area contributed by atoms with E-state index in [9.17, 15) is 0 Å². The van der Waals surface area contributed by atoms with Crippen LogP contribution in [0.25, 0.3) is 43.8 Å². The summed E-state index contributed by atoms with van der Waals surface area (Å²) in [6.45, 7) is 0. The monoisotopic (exact) mass is 529 g/mol. The number of aromatic nitrogens is 2. The van der Waals surface area contributed by atoms with Crippen molar-refractivity contribution in [1.29, 1.82) is 0 Å². The van der Waals surface area contributed by atoms with Gasteiger partial charge in [-0.2, -0.15) is 0 Å². The second-order valence-corrected chi connectivity index (χ2v) is 11.0. The quantitative estimate of drug-likeness (QED) is 0.228. The van der Waals surface area contributed by atoms with Crippen molar-refractivity contribution in [3.8, 4) is 22.3 Å². The van der Waals surface area contributed by atoms with Gasteiger partial charge in [0.25, 0.3) is 0 Å². The fourth-order valence-electron chi connectivity index (χ4n) is 5.86. The van der Waals surface area contributed by atoms with Gasteiger partial charge in [-0.05, 0) is 58.3 Å². The van der Waals surface area contributed by atoms with Crippen molar-refractivity contribution in [3.05, 3.63) is 140 Å². The van der Waals surface area contributed by atoms with Crippen molar-refractivity contribution in [2.45, 2.75) is 9.79 Å². The normalized spacial score (nSPS) is 12.3. The van der Waals surface area contributed by atoms with E-state index in [1.165, 1.54) is 42.7 Å². The van der Waals surface area contributed by atoms with Gasteiger partial charge in [-0.3, -0.25) is 9.97 Å². The summed E-state index contributed by atoms with van der Waals surface area (Å²) in [5.74, 6) is 0. The van der Waals surface area contributed by atoms with E-state index in [2.05, 4.69) is 130 Å². The maximum Gasteiger partial charge on any atom is 0.0680 e. The Bertz CT molecular complexity index is 1890. The molecule has 3 heterocycles. The van der Waals surface area contributed by atoms with Crippen LogP contribution in [0.4, 0.5) is 17.1 Å². The molecule has 8 rings (SSSR count). The van der Waals surface area contributed by atoms with Gasteiger partial charge in [0.05, 0.1) is 17.1 Å². The van der Waals surface area contributed by atoms with Crippen molar-refractivity contribution >= 4 is 50.4 Å². The summed E-state index contributed by atoms with van der Waals surface area (Å²) in [6, 6.07) is 41.5. The summed E-state index contributed by atoms with van der Waals surface area (Å²) in [5.41, 5.74) is 8.14. The zero-order valence-electron chi connectivity index (χ0n) is 21.5. The zero-order valence-corrected chi connectivity index (χ0v) is 22.3. The van der Waals surface area contributed by atoms with Crippen LogP contribution in [-0.4, -0.2) is 9.97 Å². The molecule has 0 spiro atoms. The lowest BCUT2D eigenvalue weighted by molar-refractivity contribution is 1.19. The van der Waals surface area contributed by atoms with Crippen LogP contribution in [0.2, 0.25) is 0 Å². The van der Waals surface area contributed by atoms with Crippen molar-refractivity contribution in [3.63, 3.8) is 0 Å². The van der Waals surface area contributed by atoms with Crippen LogP contribution < -0.4 is 4.90 Å². The lowest BCUT2D eigenvalue weighted by Crippen LogP contribution is -2.18. The number of benzene rings is 5. The summed E-state index contributed by atoms with van der Waals surface area (Å²) in [6.07, 6.45) is 7.49. The number of hydrogen-bond donors (Lipinski definition) is 0. The first-order valence-corrected chi connectivity index (χ1v) is 14.1. The number of nitrogens with zero attached hydrogens (tertiary/aromatic N) is 3. The Morgan fingerprint density at radius 2 is 0.900 bits per heavy atom. The third-order valence-corrected chi connectivity index (χ3v) is 8.74. The Balaban J connectivity index is 1.57. The summed E-state index contributed by atoms with van der Waals surface area (Å²) in [4.78, 5) is 13.7. The SMILES string of the molecule is c1cc(-c2ccncc2)c(N2c3c(ccc4ccccc34)Sc3ccc4ccccc4c32)c(-c2ccncc2)c1. The van der Waals surface area contributed by atoms with Gasteiger partial charge in [0.1, 0.15) is 0 Å². The molecule has 0 amide bonds. The minimum Gasteiger partial charge on any atom is -0.306 e. The van der Waals surface area contributed by atoms with Gasteiger partial charge >= 0.3 is 0 Å². The highest BCUT2D eigenvalue weighted by molar-refractivity contribution is 7.99. The van der Waals surface area contributed by atoms with E-state index in [4.69, 9.17) is 0 Å². The fraction of sp³-hybridized carbons (Fsp3) is 0. The first-order chi connectivity index (χ1) is 19.9. The van der Waals surface area contributed by atoms with E-state index >= 15 is 0 Å². The number of rotatable bonds is 3. The van der Waals surface area contributed by atoms with Crippen LogP contribution in [0.3, 0.4) is 0 Å². The Morgan fingerprint density at radius 3 is 1.40 bits per heavy atom. The Kier molecular flexibility index (Phi) is 5.39. The third kappa shape index (κ3) is 3.61. The number of fused-ring (bicyclic) bond motifs is 6. The molecular formula is C36H23N3S. The molecule has 0 aliphatic carbocycles. The highest BCUT2D eigenvalue weighted by atomic mass is 32.2. The van der Waals surface area contributed by atoms with Crippen LogP contribution >= 0.6 is 11.8 Å². The summed E-state index contributed by atoms with van der Waals surface area (Å²) >= 11 is 1.85. The van der Waals surface area contributed by atoms with Gasteiger partial charge in [-0.1, -0.05) is 90.6 Å². The summed E-state index contributed by atoms with van der Waals surface area (Å²) in [5, 5.41) is 4.91. The molecule has 0 bridgehead atoms. The first kappa shape index (κ1) is 23.0. The second kappa shape index (κ2) is 9.37. The number of hydrogen-bond acceptors (Lipinski definition) is 4. The highest BCUT2D eigenvalue weighted by Gasteiger charge is 2.31. The van der Waals surface area contributed by atoms with Crippen molar-refractivity contribution in [2.24, 2.45) is 0 Å². The standard InChI is InChI=1S/C36H23N3S/c1-3-8-30-24(6-1)12-14-32-35(30)39(36-31-9-4-2-7-25(31)13-15-33(36)40-32)34-28(26-16-20-37-21-17-26)10-5-11-29(34)27-18-22-38-23-19-27/h1-23H. The zero-order chi connectivity index (χ0) is 26.5. The van der Waals surface area contributed by atoms with E-state index in [1.54, 1.807) is 0 Å². The molecule has 0 unspecified atom stereocenters. The van der Waals surface area contributed by atoms with Crippen LogP contribution in [0.15, 0.2) is 150 Å². The van der Waals surface area contributed by atoms with E-state index in [-0.39, 0.29) is 0 Å². The largest absolute Gasteiger partial charge is 0.306 e. The smallest absolute Gasteiger partial charge is 0.0680 e. The van der Waals surface area contributed by atoms with Crippen LogP contribution in [0.5, 0.6) is 0 Å². The number of para-hydroxylation sites is 1. The third-order valence-electron chi connectivity index (χ3n) is 7.64. The minimum absolute atomic E-state index is 1.13.